The van der Waals surface area contributed by atoms with Crippen molar-refractivity contribution in [3.8, 4) is 0 Å². The van der Waals surface area contributed by atoms with Crippen LogP contribution in [0, 0.1) is 0 Å². The van der Waals surface area contributed by atoms with Crippen LogP contribution in [-0.2, 0) is 0 Å². The fourth-order valence-electron chi connectivity index (χ4n) is 2.23. The molecule has 4 nitrogen and oxygen atoms in total. The first-order valence-electron chi connectivity index (χ1n) is 5.54. The Labute approximate surface area is 102 Å². The molecule has 1 N–H and O–H groups in total. The number of rotatable bonds is 1. The molecule has 1 aliphatic heterocycles. The van der Waals surface area contributed by atoms with E-state index in [1.807, 2.05) is 10.7 Å². The molecule has 3 rings (SSSR count). The van der Waals surface area contributed by atoms with Gasteiger partial charge < -0.3 is 5.32 Å². The number of hydrogen-bond acceptors (Lipinski definition) is 3. The summed E-state index contributed by atoms with van der Waals surface area (Å²) in [7, 11) is 0. The Morgan fingerprint density at radius 3 is 2.94 bits per heavy atom. The molecule has 1 saturated heterocycles. The van der Waals surface area contributed by atoms with E-state index >= 15 is 0 Å². The largest absolute Gasteiger partial charge is 0.317 e. The maximum atomic E-state index is 4.45. The lowest BCUT2D eigenvalue weighted by Gasteiger charge is -2.22. The van der Waals surface area contributed by atoms with Crippen molar-refractivity contribution in [1.82, 2.24) is 19.9 Å². The van der Waals surface area contributed by atoms with Gasteiger partial charge in [0.05, 0.1) is 10.7 Å². The maximum absolute atomic E-state index is 4.45. The lowest BCUT2D eigenvalue weighted by Crippen LogP contribution is -2.26. The molecule has 1 fully saturated rings. The van der Waals surface area contributed by atoms with Gasteiger partial charge in [-0.2, -0.15) is 5.10 Å². The number of aromatic nitrogens is 3. The molecule has 0 aromatic carbocycles. The number of piperidine rings is 1. The second-order valence-electron chi connectivity index (χ2n) is 4.17. The van der Waals surface area contributed by atoms with Gasteiger partial charge in [-0.25, -0.2) is 9.50 Å². The van der Waals surface area contributed by atoms with E-state index < -0.39 is 0 Å². The van der Waals surface area contributed by atoms with Crippen molar-refractivity contribution in [3.63, 3.8) is 0 Å². The fourth-order valence-corrected chi connectivity index (χ4v) is 2.60. The highest BCUT2D eigenvalue weighted by atomic mass is 79.9. The Bertz CT molecular complexity index is 502. The van der Waals surface area contributed by atoms with Gasteiger partial charge in [0.15, 0.2) is 5.65 Å². The lowest BCUT2D eigenvalue weighted by atomic mass is 9.92. The van der Waals surface area contributed by atoms with Gasteiger partial charge in [-0.1, -0.05) is 0 Å². The Kier molecular flexibility index (Phi) is 2.65. The lowest BCUT2D eigenvalue weighted by molar-refractivity contribution is 0.458. The van der Waals surface area contributed by atoms with Crippen molar-refractivity contribution < 1.29 is 0 Å². The van der Waals surface area contributed by atoms with E-state index in [2.05, 4.69) is 37.5 Å². The molecule has 0 amide bonds. The number of nitrogens with zero attached hydrogens (tertiary/aromatic N) is 3. The zero-order chi connectivity index (χ0) is 11.0. The van der Waals surface area contributed by atoms with Crippen LogP contribution in [0.15, 0.2) is 23.1 Å². The molecule has 2 aromatic heterocycles. The highest BCUT2D eigenvalue weighted by Crippen LogP contribution is 2.25. The predicted molar refractivity (Wildman–Crippen MR) is 65.5 cm³/mol. The second kappa shape index (κ2) is 4.14. The van der Waals surface area contributed by atoms with Crippen molar-refractivity contribution in [3.05, 3.63) is 28.6 Å². The summed E-state index contributed by atoms with van der Waals surface area (Å²) in [5, 5.41) is 7.64. The van der Waals surface area contributed by atoms with Crippen LogP contribution in [0.25, 0.3) is 5.65 Å². The topological polar surface area (TPSA) is 42.2 Å². The van der Waals surface area contributed by atoms with Gasteiger partial charge in [-0.3, -0.25) is 0 Å². The number of hydrogen-bond donors (Lipinski definition) is 1. The molecule has 0 saturated carbocycles. The van der Waals surface area contributed by atoms with E-state index in [0.717, 1.165) is 23.2 Å². The first kappa shape index (κ1) is 10.2. The molecule has 2 aromatic rings. The molecule has 3 heterocycles. The molecule has 1 aliphatic rings. The maximum Gasteiger partial charge on any atom is 0.169 e. The quantitative estimate of drug-likeness (QED) is 0.869. The summed E-state index contributed by atoms with van der Waals surface area (Å²) < 4.78 is 2.80. The molecule has 0 bridgehead atoms. The molecule has 0 unspecified atom stereocenters. The van der Waals surface area contributed by atoms with Crippen molar-refractivity contribution in [1.29, 1.82) is 0 Å². The Hall–Kier alpha value is -0.940. The molecule has 16 heavy (non-hydrogen) atoms. The first-order chi connectivity index (χ1) is 7.84. The Balaban J connectivity index is 1.97. The third-order valence-electron chi connectivity index (χ3n) is 3.14. The van der Waals surface area contributed by atoms with Crippen LogP contribution in [-0.4, -0.2) is 27.7 Å². The van der Waals surface area contributed by atoms with Gasteiger partial charge in [0, 0.05) is 12.4 Å². The standard InChI is InChI=1S/C11H13BrN4/c12-10-6-15-16-7-9(5-14-11(10)16)8-1-3-13-4-2-8/h5-8,13H,1-4H2. The average molecular weight is 281 g/mol. The number of fused-ring (bicyclic) bond motifs is 1. The zero-order valence-corrected chi connectivity index (χ0v) is 10.4. The van der Waals surface area contributed by atoms with Crippen LogP contribution >= 0.6 is 15.9 Å². The molecular formula is C11H13BrN4. The summed E-state index contributed by atoms with van der Waals surface area (Å²) >= 11 is 3.43. The predicted octanol–water partition coefficient (Wildman–Crippen LogP) is 1.96. The van der Waals surface area contributed by atoms with Gasteiger partial charge >= 0.3 is 0 Å². The summed E-state index contributed by atoms with van der Waals surface area (Å²) in [4.78, 5) is 4.45. The molecular weight excluding hydrogens is 268 g/mol. The van der Waals surface area contributed by atoms with Gasteiger partial charge in [0.2, 0.25) is 0 Å². The summed E-state index contributed by atoms with van der Waals surface area (Å²) in [5.74, 6) is 0.626. The van der Waals surface area contributed by atoms with Crippen LogP contribution < -0.4 is 5.32 Å². The summed E-state index contributed by atoms with van der Waals surface area (Å²) in [6.45, 7) is 2.21. The van der Waals surface area contributed by atoms with Gasteiger partial charge in [-0.05, 0) is 53.3 Å². The smallest absolute Gasteiger partial charge is 0.169 e. The van der Waals surface area contributed by atoms with E-state index in [1.54, 1.807) is 6.20 Å². The average Bonchev–Trinajstić information content (AvgIpc) is 2.72. The van der Waals surface area contributed by atoms with E-state index in [0.29, 0.717) is 5.92 Å². The van der Waals surface area contributed by atoms with Crippen molar-refractivity contribution in [2.75, 3.05) is 13.1 Å². The van der Waals surface area contributed by atoms with Gasteiger partial charge in [-0.15, -0.1) is 0 Å². The molecule has 84 valence electrons. The minimum absolute atomic E-state index is 0.626. The van der Waals surface area contributed by atoms with E-state index in [9.17, 15) is 0 Å². The third-order valence-corrected chi connectivity index (χ3v) is 3.70. The Morgan fingerprint density at radius 2 is 2.12 bits per heavy atom. The summed E-state index contributed by atoms with van der Waals surface area (Å²) in [6, 6.07) is 0. The van der Waals surface area contributed by atoms with E-state index in [-0.39, 0.29) is 0 Å². The normalized spacial score (nSPS) is 18.1. The van der Waals surface area contributed by atoms with Crippen LogP contribution in [0.5, 0.6) is 0 Å². The third kappa shape index (κ3) is 1.74. The number of nitrogens with one attached hydrogen (secondary N) is 1. The minimum Gasteiger partial charge on any atom is -0.317 e. The number of halogens is 1. The first-order valence-corrected chi connectivity index (χ1v) is 6.33. The fraction of sp³-hybridized carbons (Fsp3) is 0.455. The zero-order valence-electron chi connectivity index (χ0n) is 8.86. The van der Waals surface area contributed by atoms with Crippen molar-refractivity contribution in [2.45, 2.75) is 18.8 Å². The molecule has 0 radical (unpaired) electrons. The van der Waals surface area contributed by atoms with Crippen LogP contribution in [0.1, 0.15) is 24.3 Å². The van der Waals surface area contributed by atoms with Gasteiger partial charge in [0.1, 0.15) is 0 Å². The molecule has 0 atom stereocenters. The molecule has 0 aliphatic carbocycles. The monoisotopic (exact) mass is 280 g/mol. The van der Waals surface area contributed by atoms with Crippen LogP contribution in [0.3, 0.4) is 0 Å². The minimum atomic E-state index is 0.626. The molecule has 5 heteroatoms. The van der Waals surface area contributed by atoms with Crippen molar-refractivity contribution in [2.24, 2.45) is 0 Å². The summed E-state index contributed by atoms with van der Waals surface area (Å²) in [6.07, 6.45) is 8.25. The molecule has 0 spiro atoms. The highest BCUT2D eigenvalue weighted by molar-refractivity contribution is 9.10. The van der Waals surface area contributed by atoms with Crippen molar-refractivity contribution >= 4 is 21.6 Å². The van der Waals surface area contributed by atoms with Gasteiger partial charge in [0.25, 0.3) is 0 Å². The second-order valence-corrected chi connectivity index (χ2v) is 5.03. The Morgan fingerprint density at radius 1 is 1.31 bits per heavy atom. The van der Waals surface area contributed by atoms with E-state index in [1.165, 1.54) is 18.4 Å². The van der Waals surface area contributed by atoms with Crippen LogP contribution in [0.2, 0.25) is 0 Å². The van der Waals surface area contributed by atoms with E-state index in [4.69, 9.17) is 0 Å². The van der Waals surface area contributed by atoms with Crippen LogP contribution in [0.4, 0.5) is 0 Å². The highest BCUT2D eigenvalue weighted by Gasteiger charge is 2.16. The SMILES string of the molecule is Brc1cnn2cc(C3CCNCC3)cnc12. The summed E-state index contributed by atoms with van der Waals surface area (Å²) in [5.41, 5.74) is 2.18.